The van der Waals surface area contributed by atoms with Crippen LogP contribution in [-0.4, -0.2) is 60.7 Å². The number of nitrogens with one attached hydrogen (secondary N) is 1. The van der Waals surface area contributed by atoms with Gasteiger partial charge in [0.2, 0.25) is 10.0 Å². The van der Waals surface area contributed by atoms with Gasteiger partial charge < -0.3 is 15.5 Å². The SMILES string of the molecule is CN(C[C@H](O)CNC(C)(C)Cc1ccc(Cl)c(Cl)c1)S(=O)(=O)c1cccc(-c2cccc(C(=O)O)c2)c1. The number of likely N-dealkylation sites (N-methyl/N-ethyl adjacent to an activating group) is 1. The quantitative estimate of drug-likeness (QED) is 0.304. The summed E-state index contributed by atoms with van der Waals surface area (Å²) in [6.07, 6.45) is -0.330. The van der Waals surface area contributed by atoms with Crippen LogP contribution in [0.4, 0.5) is 0 Å². The van der Waals surface area contributed by atoms with Crippen molar-refractivity contribution in [1.29, 1.82) is 0 Å². The van der Waals surface area contributed by atoms with E-state index in [9.17, 15) is 23.4 Å². The highest BCUT2D eigenvalue weighted by Gasteiger charge is 2.25. The lowest BCUT2D eigenvalue weighted by molar-refractivity contribution is 0.0697. The van der Waals surface area contributed by atoms with Crippen LogP contribution in [0.15, 0.2) is 71.6 Å². The van der Waals surface area contributed by atoms with E-state index < -0.39 is 27.6 Å². The number of aromatic carboxylic acids is 1. The third-order valence-corrected chi connectivity index (χ3v) is 8.46. The van der Waals surface area contributed by atoms with E-state index in [1.165, 1.54) is 31.3 Å². The van der Waals surface area contributed by atoms with Crippen molar-refractivity contribution in [1.82, 2.24) is 9.62 Å². The van der Waals surface area contributed by atoms with E-state index in [4.69, 9.17) is 23.2 Å². The van der Waals surface area contributed by atoms with Crippen LogP contribution < -0.4 is 5.32 Å². The lowest BCUT2D eigenvalue weighted by Crippen LogP contribution is -2.47. The molecule has 0 amide bonds. The maximum atomic E-state index is 13.2. The van der Waals surface area contributed by atoms with Crippen molar-refractivity contribution in [2.24, 2.45) is 0 Å². The molecule has 0 heterocycles. The Morgan fingerprint density at radius 3 is 2.30 bits per heavy atom. The van der Waals surface area contributed by atoms with Crippen molar-refractivity contribution in [3.8, 4) is 11.1 Å². The molecular formula is C27H30Cl2N2O5S. The number of β-amino-alcohol motifs (C(OH)–C–C–N with tert-alkyl or cyclic N) is 1. The maximum Gasteiger partial charge on any atom is 0.335 e. The van der Waals surface area contributed by atoms with Crippen molar-refractivity contribution >= 4 is 39.2 Å². The highest BCUT2D eigenvalue weighted by Crippen LogP contribution is 2.26. The van der Waals surface area contributed by atoms with Gasteiger partial charge in [-0.15, -0.1) is 0 Å². The molecule has 0 aliphatic rings. The molecule has 0 spiro atoms. The van der Waals surface area contributed by atoms with Gasteiger partial charge in [-0.3, -0.25) is 0 Å². The fourth-order valence-electron chi connectivity index (χ4n) is 3.92. The molecule has 198 valence electrons. The first-order valence-corrected chi connectivity index (χ1v) is 13.8. The summed E-state index contributed by atoms with van der Waals surface area (Å²) in [7, 11) is -2.49. The van der Waals surface area contributed by atoms with E-state index in [0.29, 0.717) is 27.6 Å². The topological polar surface area (TPSA) is 107 Å². The number of carbonyl (C=O) groups is 1. The zero-order valence-corrected chi connectivity index (χ0v) is 23.1. The monoisotopic (exact) mass is 564 g/mol. The highest BCUT2D eigenvalue weighted by molar-refractivity contribution is 7.89. The molecule has 37 heavy (non-hydrogen) atoms. The zero-order valence-electron chi connectivity index (χ0n) is 20.8. The molecule has 3 aromatic rings. The van der Waals surface area contributed by atoms with Crippen LogP contribution >= 0.6 is 23.2 Å². The number of halogens is 2. The summed E-state index contributed by atoms with van der Waals surface area (Å²) in [5.74, 6) is -1.06. The average molecular weight is 566 g/mol. The lowest BCUT2D eigenvalue weighted by Gasteiger charge is -2.29. The smallest absolute Gasteiger partial charge is 0.335 e. The third kappa shape index (κ3) is 7.77. The molecular weight excluding hydrogens is 535 g/mol. The van der Waals surface area contributed by atoms with Crippen molar-refractivity contribution in [3.05, 3.63) is 87.9 Å². The molecule has 0 saturated heterocycles. The number of sulfonamides is 1. The van der Waals surface area contributed by atoms with Crippen LogP contribution in [0.2, 0.25) is 10.0 Å². The second-order valence-corrected chi connectivity index (χ2v) is 12.4. The molecule has 0 aliphatic carbocycles. The second kappa shape index (κ2) is 11.9. The third-order valence-electron chi connectivity index (χ3n) is 5.90. The molecule has 10 heteroatoms. The first-order valence-electron chi connectivity index (χ1n) is 11.6. The molecule has 0 saturated carbocycles. The van der Waals surface area contributed by atoms with E-state index in [1.54, 1.807) is 36.4 Å². The summed E-state index contributed by atoms with van der Waals surface area (Å²) < 4.78 is 27.5. The van der Waals surface area contributed by atoms with Crippen molar-refractivity contribution < 1.29 is 23.4 Å². The molecule has 0 bridgehead atoms. The summed E-state index contributed by atoms with van der Waals surface area (Å²) in [6, 6.07) is 18.0. The number of hydrogen-bond donors (Lipinski definition) is 3. The molecule has 3 aromatic carbocycles. The number of aliphatic hydroxyl groups excluding tert-OH is 1. The standard InChI is InChI=1S/C27H30Cl2N2O5S/c1-27(2,15-18-10-11-24(28)25(29)12-18)30-16-22(32)17-31(3)37(35,36)23-9-5-7-20(14-23)19-6-4-8-21(13-19)26(33)34/h4-14,22,30,32H,15-17H2,1-3H3,(H,33,34)/t22-/m1/s1. The number of carboxylic acid groups (broad SMARTS) is 1. The predicted molar refractivity (Wildman–Crippen MR) is 147 cm³/mol. The Balaban J connectivity index is 1.65. The van der Waals surface area contributed by atoms with Gasteiger partial charge in [0.05, 0.1) is 26.6 Å². The Kier molecular flexibility index (Phi) is 9.39. The highest BCUT2D eigenvalue weighted by atomic mass is 35.5. The minimum Gasteiger partial charge on any atom is -0.478 e. The van der Waals surface area contributed by atoms with Crippen LogP contribution in [0.1, 0.15) is 29.8 Å². The first-order chi connectivity index (χ1) is 17.3. The van der Waals surface area contributed by atoms with Gasteiger partial charge in [-0.1, -0.05) is 53.5 Å². The van der Waals surface area contributed by atoms with Gasteiger partial charge in [-0.2, -0.15) is 4.31 Å². The van der Waals surface area contributed by atoms with Gasteiger partial charge in [0.25, 0.3) is 0 Å². The van der Waals surface area contributed by atoms with Gasteiger partial charge in [0.15, 0.2) is 0 Å². The van der Waals surface area contributed by atoms with Gasteiger partial charge in [0, 0.05) is 25.7 Å². The number of carboxylic acids is 1. The number of hydrogen-bond acceptors (Lipinski definition) is 5. The summed E-state index contributed by atoms with van der Waals surface area (Å²) >= 11 is 12.1. The van der Waals surface area contributed by atoms with E-state index in [2.05, 4.69) is 5.32 Å². The number of benzene rings is 3. The van der Waals surface area contributed by atoms with E-state index >= 15 is 0 Å². The van der Waals surface area contributed by atoms with E-state index in [0.717, 1.165) is 9.87 Å². The Hall–Kier alpha value is -2.46. The molecule has 3 rings (SSSR count). The summed E-state index contributed by atoms with van der Waals surface area (Å²) in [5, 5.41) is 24.1. The molecule has 0 radical (unpaired) electrons. The molecule has 0 aliphatic heterocycles. The number of aliphatic hydroxyl groups is 1. The van der Waals surface area contributed by atoms with Gasteiger partial charge in [-0.05, 0) is 73.4 Å². The van der Waals surface area contributed by atoms with E-state index in [-0.39, 0.29) is 23.5 Å². The zero-order chi connectivity index (χ0) is 27.4. The molecule has 0 unspecified atom stereocenters. The second-order valence-electron chi connectivity index (χ2n) is 9.54. The minimum atomic E-state index is -3.90. The van der Waals surface area contributed by atoms with Crippen LogP contribution in [0.3, 0.4) is 0 Å². The van der Waals surface area contributed by atoms with E-state index in [1.807, 2.05) is 19.9 Å². The Labute approximate surface area is 227 Å². The molecule has 7 nitrogen and oxygen atoms in total. The summed E-state index contributed by atoms with van der Waals surface area (Å²) in [5.41, 5.74) is 1.86. The van der Waals surface area contributed by atoms with Crippen molar-refractivity contribution in [3.63, 3.8) is 0 Å². The molecule has 0 aromatic heterocycles. The lowest BCUT2D eigenvalue weighted by atomic mass is 9.94. The molecule has 3 N–H and O–H groups in total. The summed E-state index contributed by atoms with van der Waals surface area (Å²) in [4.78, 5) is 11.3. The first kappa shape index (κ1) is 29.1. The Bertz CT molecular complexity index is 1380. The fourth-order valence-corrected chi connectivity index (χ4v) is 5.50. The van der Waals surface area contributed by atoms with Crippen LogP contribution in [-0.2, 0) is 16.4 Å². The number of rotatable bonds is 11. The normalized spacial score (nSPS) is 13.1. The van der Waals surface area contributed by atoms with Gasteiger partial charge in [0.1, 0.15) is 0 Å². The predicted octanol–water partition coefficient (Wildman–Crippen LogP) is 4.95. The van der Waals surface area contributed by atoms with Crippen molar-refractivity contribution in [2.45, 2.75) is 36.8 Å². The van der Waals surface area contributed by atoms with Crippen LogP contribution in [0.25, 0.3) is 11.1 Å². The summed E-state index contributed by atoms with van der Waals surface area (Å²) in [6.45, 7) is 4.02. The Morgan fingerprint density at radius 1 is 1.00 bits per heavy atom. The minimum absolute atomic E-state index is 0.0494. The average Bonchev–Trinajstić information content (AvgIpc) is 2.85. The maximum absolute atomic E-state index is 13.2. The largest absolute Gasteiger partial charge is 0.478 e. The number of nitrogens with zero attached hydrogens (tertiary/aromatic N) is 1. The van der Waals surface area contributed by atoms with Crippen LogP contribution in [0, 0.1) is 0 Å². The fraction of sp³-hybridized carbons (Fsp3) is 0.296. The van der Waals surface area contributed by atoms with Crippen LogP contribution in [0.5, 0.6) is 0 Å². The Morgan fingerprint density at radius 2 is 1.65 bits per heavy atom. The molecule has 1 atom stereocenters. The molecule has 0 fully saturated rings. The van der Waals surface area contributed by atoms with Gasteiger partial charge in [-0.25, -0.2) is 13.2 Å². The van der Waals surface area contributed by atoms with Gasteiger partial charge >= 0.3 is 5.97 Å². The van der Waals surface area contributed by atoms with Crippen molar-refractivity contribution in [2.75, 3.05) is 20.1 Å².